The van der Waals surface area contributed by atoms with Crippen LogP contribution in [0.1, 0.15) is 18.3 Å². The van der Waals surface area contributed by atoms with Gasteiger partial charge in [-0.15, -0.1) is 0 Å². The van der Waals surface area contributed by atoms with Crippen LogP contribution in [0, 0.1) is 10.1 Å². The fourth-order valence-electron chi connectivity index (χ4n) is 4.69. The molecule has 41 heavy (non-hydrogen) atoms. The Morgan fingerprint density at radius 1 is 0.829 bits per heavy atom. The number of carbonyl (C=O) groups is 3. The van der Waals surface area contributed by atoms with Crippen molar-refractivity contribution in [2.75, 3.05) is 66.1 Å². The lowest BCUT2D eigenvalue weighted by molar-refractivity contribution is -0.384. The van der Waals surface area contributed by atoms with Crippen LogP contribution in [0.3, 0.4) is 0 Å². The van der Waals surface area contributed by atoms with E-state index in [1.165, 1.54) is 33.9 Å². The molecule has 3 amide bonds. The number of hydrogen-bond donors (Lipinski definition) is 0. The summed E-state index contributed by atoms with van der Waals surface area (Å²) in [6.07, 6.45) is 2.11. The van der Waals surface area contributed by atoms with Gasteiger partial charge >= 0.3 is 0 Å². The van der Waals surface area contributed by atoms with Crippen LogP contribution in [0.2, 0.25) is 0 Å². The Bertz CT molecular complexity index is 1190. The Morgan fingerprint density at radius 3 is 1.68 bits per heavy atom. The van der Waals surface area contributed by atoms with Crippen molar-refractivity contribution in [2.45, 2.75) is 12.7 Å². The van der Waals surface area contributed by atoms with E-state index in [4.69, 9.17) is 9.26 Å². The summed E-state index contributed by atoms with van der Waals surface area (Å²) in [4.78, 5) is 52.6. The first-order chi connectivity index (χ1) is 19.8. The summed E-state index contributed by atoms with van der Waals surface area (Å²) in [6.45, 7) is 4.01. The summed E-state index contributed by atoms with van der Waals surface area (Å²) in [6, 6.07) is 12.5. The SMILES string of the molecule is CCOP(=O)(c1ccc(OC)cc1)C(c1ccc([N+](=O)[O-])cc1)N1CCN(C=O)CCN(C=O)CCN(C=O)CC1. The molecule has 14 heteroatoms. The van der Waals surface area contributed by atoms with Crippen LogP contribution in [0.15, 0.2) is 48.5 Å². The summed E-state index contributed by atoms with van der Waals surface area (Å²) >= 11 is 0. The summed E-state index contributed by atoms with van der Waals surface area (Å²) in [5.41, 5.74) is 0.411. The summed E-state index contributed by atoms with van der Waals surface area (Å²) in [7, 11) is -2.23. The number of hydrogen-bond acceptors (Lipinski definition) is 9. The van der Waals surface area contributed by atoms with Crippen molar-refractivity contribution in [1.82, 2.24) is 19.6 Å². The molecule has 13 nitrogen and oxygen atoms in total. The van der Waals surface area contributed by atoms with Crippen molar-refractivity contribution in [3.05, 3.63) is 64.2 Å². The lowest BCUT2D eigenvalue weighted by Gasteiger charge is -2.39. The summed E-state index contributed by atoms with van der Waals surface area (Å²) in [5, 5.41) is 11.8. The maximum Gasteiger partial charge on any atom is 0.269 e. The molecular formula is C27H36N5O8P. The van der Waals surface area contributed by atoms with Crippen LogP contribution in [0.5, 0.6) is 5.75 Å². The number of nitro benzene ring substituents is 1. The second-order valence-electron chi connectivity index (χ2n) is 9.40. The van der Waals surface area contributed by atoms with Crippen molar-refractivity contribution >= 4 is 37.6 Å². The first kappa shape index (κ1) is 31.7. The van der Waals surface area contributed by atoms with Crippen LogP contribution in [0.25, 0.3) is 0 Å². The van der Waals surface area contributed by atoms with Crippen molar-refractivity contribution in [1.29, 1.82) is 0 Å². The Labute approximate surface area is 239 Å². The number of amides is 3. The molecule has 2 aromatic rings. The molecular weight excluding hydrogens is 553 g/mol. The number of rotatable bonds is 11. The molecule has 3 rings (SSSR count). The molecule has 222 valence electrons. The Hall–Kier alpha value is -3.80. The normalized spacial score (nSPS) is 17.9. The van der Waals surface area contributed by atoms with Crippen molar-refractivity contribution in [3.63, 3.8) is 0 Å². The van der Waals surface area contributed by atoms with Gasteiger partial charge in [-0.1, -0.05) is 12.1 Å². The molecule has 0 saturated carbocycles. The highest BCUT2D eigenvalue weighted by Gasteiger charge is 2.41. The van der Waals surface area contributed by atoms with E-state index in [0.29, 0.717) is 48.9 Å². The largest absolute Gasteiger partial charge is 0.497 e. The molecule has 0 aromatic heterocycles. The van der Waals surface area contributed by atoms with Crippen molar-refractivity contribution < 1.29 is 33.1 Å². The van der Waals surface area contributed by atoms with E-state index in [1.54, 1.807) is 43.3 Å². The molecule has 0 aliphatic carbocycles. The predicted octanol–water partition coefficient (Wildman–Crippen LogP) is 1.93. The minimum atomic E-state index is -3.76. The van der Waals surface area contributed by atoms with Gasteiger partial charge in [0, 0.05) is 69.8 Å². The maximum absolute atomic E-state index is 15.0. The molecule has 0 bridgehead atoms. The number of ether oxygens (including phenoxy) is 1. The van der Waals surface area contributed by atoms with Gasteiger partial charge in [0.1, 0.15) is 11.5 Å². The van der Waals surface area contributed by atoms with Gasteiger partial charge in [0.2, 0.25) is 19.2 Å². The average molecular weight is 590 g/mol. The molecule has 0 N–H and O–H groups in total. The lowest BCUT2D eigenvalue weighted by Crippen LogP contribution is -2.46. The van der Waals surface area contributed by atoms with Crippen LogP contribution in [-0.4, -0.2) is 110 Å². The molecule has 1 heterocycles. The van der Waals surface area contributed by atoms with E-state index >= 15 is 4.57 Å². The number of carbonyl (C=O) groups excluding carboxylic acids is 3. The molecule has 2 aromatic carbocycles. The van der Waals surface area contributed by atoms with Crippen LogP contribution >= 0.6 is 7.37 Å². The number of non-ortho nitro benzene ring substituents is 1. The highest BCUT2D eigenvalue weighted by atomic mass is 31.2. The van der Waals surface area contributed by atoms with E-state index in [2.05, 4.69) is 0 Å². The van der Waals surface area contributed by atoms with Gasteiger partial charge in [0.25, 0.3) is 13.1 Å². The third kappa shape index (κ3) is 8.12. The zero-order valence-corrected chi connectivity index (χ0v) is 24.1. The Morgan fingerprint density at radius 2 is 1.29 bits per heavy atom. The smallest absolute Gasteiger partial charge is 0.269 e. The third-order valence-electron chi connectivity index (χ3n) is 6.97. The van der Waals surface area contributed by atoms with E-state index in [-0.39, 0.29) is 51.6 Å². The molecule has 0 spiro atoms. The van der Waals surface area contributed by atoms with Gasteiger partial charge in [-0.3, -0.25) is 34.0 Å². The van der Waals surface area contributed by atoms with Crippen molar-refractivity contribution in [2.24, 2.45) is 0 Å². The van der Waals surface area contributed by atoms with E-state index in [1.807, 2.05) is 4.90 Å². The first-order valence-corrected chi connectivity index (χ1v) is 14.9. The Kier molecular flexibility index (Phi) is 11.8. The monoisotopic (exact) mass is 589 g/mol. The molecule has 2 unspecified atom stereocenters. The number of nitro groups is 1. The summed E-state index contributed by atoms with van der Waals surface area (Å²) in [5.74, 6) is -0.323. The van der Waals surface area contributed by atoms with Crippen LogP contribution in [-0.2, 0) is 23.5 Å². The Balaban J connectivity index is 2.12. The maximum atomic E-state index is 15.0. The second kappa shape index (κ2) is 15.3. The first-order valence-electron chi connectivity index (χ1n) is 13.2. The topological polar surface area (TPSA) is 143 Å². The number of nitrogens with zero attached hydrogens (tertiary/aromatic N) is 5. The third-order valence-corrected chi connectivity index (χ3v) is 9.90. The van der Waals surface area contributed by atoms with Crippen molar-refractivity contribution in [3.8, 4) is 5.75 Å². The number of methoxy groups -OCH3 is 1. The molecule has 1 aliphatic rings. The highest BCUT2D eigenvalue weighted by molar-refractivity contribution is 7.67. The zero-order chi connectivity index (χ0) is 29.8. The van der Waals surface area contributed by atoms with Gasteiger partial charge in [0.15, 0.2) is 0 Å². The standard InChI is InChI=1S/C27H36N5O8P/c1-3-40-41(38,26-10-8-25(39-2)9-11-26)27(23-4-6-24(7-5-23)32(36)37)31-18-16-29(21-34)14-12-28(20-33)13-15-30(22-35)17-19-31/h4-11,20-22,27H,3,12-19H2,1-2H3. The average Bonchev–Trinajstić information content (AvgIpc) is 2.99. The van der Waals surface area contributed by atoms with E-state index in [9.17, 15) is 24.5 Å². The quantitative estimate of drug-likeness (QED) is 0.166. The number of benzene rings is 2. The van der Waals surface area contributed by atoms with Crippen LogP contribution < -0.4 is 10.0 Å². The molecule has 1 fully saturated rings. The molecule has 1 aliphatic heterocycles. The van der Waals surface area contributed by atoms with Gasteiger partial charge < -0.3 is 24.0 Å². The minimum Gasteiger partial charge on any atom is -0.497 e. The minimum absolute atomic E-state index is 0.115. The lowest BCUT2D eigenvalue weighted by atomic mass is 10.2. The van der Waals surface area contributed by atoms with Gasteiger partial charge in [0.05, 0.1) is 18.6 Å². The molecule has 2 atom stereocenters. The fourth-order valence-corrected chi connectivity index (χ4v) is 7.44. The molecule has 1 saturated heterocycles. The van der Waals surface area contributed by atoms with Gasteiger partial charge in [-0.2, -0.15) is 0 Å². The second-order valence-corrected chi connectivity index (χ2v) is 11.9. The van der Waals surface area contributed by atoms with E-state index < -0.39 is 18.1 Å². The summed E-state index contributed by atoms with van der Waals surface area (Å²) < 4.78 is 26.4. The van der Waals surface area contributed by atoms with Gasteiger partial charge in [-0.05, 0) is 36.8 Å². The zero-order valence-electron chi connectivity index (χ0n) is 23.2. The molecule has 0 radical (unpaired) electrons. The predicted molar refractivity (Wildman–Crippen MR) is 152 cm³/mol. The fraction of sp³-hybridized carbons (Fsp3) is 0.444. The van der Waals surface area contributed by atoms with E-state index in [0.717, 1.165) is 0 Å². The van der Waals surface area contributed by atoms with Crippen LogP contribution in [0.4, 0.5) is 5.69 Å². The highest BCUT2D eigenvalue weighted by Crippen LogP contribution is 2.60. The van der Waals surface area contributed by atoms with Gasteiger partial charge in [-0.25, -0.2) is 0 Å².